The van der Waals surface area contributed by atoms with Crippen molar-refractivity contribution in [2.75, 3.05) is 7.11 Å². The smallest absolute Gasteiger partial charge is 0.338 e. The number of rotatable bonds is 9. The monoisotopic (exact) mass is 665 g/mol. The number of esters is 4. The summed E-state index contributed by atoms with van der Waals surface area (Å²) >= 11 is 0. The highest BCUT2D eigenvalue weighted by Crippen LogP contribution is 2.57. The van der Waals surface area contributed by atoms with Crippen molar-refractivity contribution in [3.05, 3.63) is 71.8 Å². The molecule has 2 heterocycles. The Hall–Kier alpha value is -4.82. The summed E-state index contributed by atoms with van der Waals surface area (Å²) in [6, 6.07) is 18.5. The molecule has 3 fully saturated rings. The lowest BCUT2D eigenvalue weighted by molar-refractivity contribution is -0.282. The quantitative estimate of drug-likeness (QED) is 0.179. The lowest BCUT2D eigenvalue weighted by atomic mass is 9.59. The van der Waals surface area contributed by atoms with Gasteiger partial charge in [0.25, 0.3) is 0 Å². The van der Waals surface area contributed by atoms with Crippen LogP contribution < -0.4 is 5.32 Å². The van der Waals surface area contributed by atoms with Crippen LogP contribution in [0.25, 0.3) is 0 Å². The molecule has 1 aliphatic carbocycles. The fraction of sp³-hybridized carbons (Fsp3) is 0.471. The van der Waals surface area contributed by atoms with Gasteiger partial charge in [0.1, 0.15) is 5.54 Å². The van der Waals surface area contributed by atoms with Crippen LogP contribution in [0.2, 0.25) is 0 Å². The molecular formula is C34H39N3O11. The normalized spacial score (nSPS) is 30.5. The minimum atomic E-state index is -1.88. The van der Waals surface area contributed by atoms with Crippen LogP contribution in [-0.2, 0) is 65.5 Å². The zero-order valence-corrected chi connectivity index (χ0v) is 27.5. The molecule has 4 bridgehead atoms. The van der Waals surface area contributed by atoms with Crippen molar-refractivity contribution >= 4 is 35.7 Å². The molecule has 8 atom stereocenters. The fourth-order valence-corrected chi connectivity index (χ4v) is 6.94. The SMILES string of the molecule is CO[C@@H]1O[C@@H]2C(=O)O[C@@H]3[C@@H]1[C@@]2(NC(=NCc1ccccc1)N(Cc1ccccc1)C(C)=O)[C@H](OC(C)=O)[C@H](OC(C)=O)[C@@]3(C)OC(C)=O. The van der Waals surface area contributed by atoms with E-state index < -0.39 is 77.5 Å². The average molecular weight is 666 g/mol. The van der Waals surface area contributed by atoms with Crippen molar-refractivity contribution in [3.63, 3.8) is 0 Å². The van der Waals surface area contributed by atoms with Crippen LogP contribution in [0.1, 0.15) is 45.7 Å². The molecule has 14 nitrogen and oxygen atoms in total. The van der Waals surface area contributed by atoms with Gasteiger partial charge in [-0.15, -0.1) is 0 Å². The summed E-state index contributed by atoms with van der Waals surface area (Å²) in [5, 5.41) is 3.32. The maximum absolute atomic E-state index is 13.9. The zero-order valence-electron chi connectivity index (χ0n) is 27.5. The summed E-state index contributed by atoms with van der Waals surface area (Å²) in [5.74, 6) is -4.71. The highest BCUT2D eigenvalue weighted by Gasteiger charge is 2.81. The van der Waals surface area contributed by atoms with Gasteiger partial charge in [-0.25, -0.2) is 9.79 Å². The second kappa shape index (κ2) is 13.7. The molecule has 0 radical (unpaired) electrons. The second-order valence-corrected chi connectivity index (χ2v) is 12.1. The van der Waals surface area contributed by atoms with E-state index in [1.54, 1.807) is 0 Å². The molecule has 5 rings (SSSR count). The first-order chi connectivity index (χ1) is 22.8. The summed E-state index contributed by atoms with van der Waals surface area (Å²) in [7, 11) is 1.36. The van der Waals surface area contributed by atoms with Crippen LogP contribution in [0.15, 0.2) is 65.7 Å². The Kier molecular flexibility index (Phi) is 9.87. The van der Waals surface area contributed by atoms with E-state index >= 15 is 0 Å². The molecule has 1 amide bonds. The first kappa shape index (κ1) is 34.5. The number of hydrogen-bond acceptors (Lipinski definition) is 12. The van der Waals surface area contributed by atoms with Crippen molar-refractivity contribution in [2.24, 2.45) is 10.9 Å². The van der Waals surface area contributed by atoms with Crippen LogP contribution in [0.3, 0.4) is 0 Å². The second-order valence-electron chi connectivity index (χ2n) is 12.1. The van der Waals surface area contributed by atoms with Gasteiger partial charge in [0.2, 0.25) is 11.9 Å². The maximum Gasteiger partial charge on any atom is 0.338 e. The Balaban J connectivity index is 1.75. The molecule has 2 aromatic carbocycles. The molecule has 3 aliphatic rings. The highest BCUT2D eigenvalue weighted by atomic mass is 16.7. The number of carbonyl (C=O) groups is 5. The lowest BCUT2D eigenvalue weighted by Gasteiger charge is -2.60. The van der Waals surface area contributed by atoms with Gasteiger partial charge in [-0.2, -0.15) is 0 Å². The van der Waals surface area contributed by atoms with Gasteiger partial charge in [-0.1, -0.05) is 60.7 Å². The number of aliphatic imine (C=N–C) groups is 1. The molecule has 1 N–H and O–H groups in total. The number of hydrogen-bond donors (Lipinski definition) is 1. The van der Waals surface area contributed by atoms with Crippen molar-refractivity contribution in [2.45, 2.75) is 89.6 Å². The number of amides is 1. The van der Waals surface area contributed by atoms with Gasteiger partial charge in [-0.05, 0) is 18.1 Å². The van der Waals surface area contributed by atoms with E-state index in [1.807, 2.05) is 60.7 Å². The van der Waals surface area contributed by atoms with E-state index in [0.29, 0.717) is 0 Å². The molecule has 0 unspecified atom stereocenters. The Morgan fingerprint density at radius 2 is 1.46 bits per heavy atom. The van der Waals surface area contributed by atoms with Gasteiger partial charge in [0.15, 0.2) is 36.3 Å². The highest BCUT2D eigenvalue weighted by molar-refractivity contribution is 5.97. The van der Waals surface area contributed by atoms with Gasteiger partial charge >= 0.3 is 23.9 Å². The fourth-order valence-electron chi connectivity index (χ4n) is 6.94. The molecule has 0 spiro atoms. The third kappa shape index (κ3) is 6.37. The van der Waals surface area contributed by atoms with Crippen molar-refractivity contribution in [1.82, 2.24) is 10.2 Å². The Labute approximate surface area is 277 Å². The molecule has 14 heteroatoms. The minimum Gasteiger partial charge on any atom is -0.456 e. The van der Waals surface area contributed by atoms with Crippen molar-refractivity contribution in [3.8, 4) is 0 Å². The molecule has 2 saturated heterocycles. The van der Waals surface area contributed by atoms with E-state index in [4.69, 9.17) is 33.4 Å². The minimum absolute atomic E-state index is 0.00817. The summed E-state index contributed by atoms with van der Waals surface area (Å²) in [4.78, 5) is 71.5. The number of nitrogens with one attached hydrogen (secondary N) is 1. The summed E-state index contributed by atoms with van der Waals surface area (Å²) in [6.45, 7) is 6.40. The van der Waals surface area contributed by atoms with Gasteiger partial charge in [0, 0.05) is 34.8 Å². The largest absolute Gasteiger partial charge is 0.456 e. The van der Waals surface area contributed by atoms with E-state index in [9.17, 15) is 24.0 Å². The summed E-state index contributed by atoms with van der Waals surface area (Å²) < 4.78 is 35.3. The number of benzene rings is 2. The predicted molar refractivity (Wildman–Crippen MR) is 166 cm³/mol. The third-order valence-electron chi connectivity index (χ3n) is 8.79. The number of methoxy groups -OCH3 is 1. The topological polar surface area (TPSA) is 168 Å². The Bertz CT molecular complexity index is 1590. The van der Waals surface area contributed by atoms with Gasteiger partial charge in [-0.3, -0.25) is 24.1 Å². The number of nitrogens with zero attached hydrogens (tertiary/aromatic N) is 2. The van der Waals surface area contributed by atoms with Crippen LogP contribution in [0.5, 0.6) is 0 Å². The number of ether oxygens (including phenoxy) is 6. The summed E-state index contributed by atoms with van der Waals surface area (Å²) in [6.07, 6.45) is -7.14. The Morgan fingerprint density at radius 3 is 2.00 bits per heavy atom. The van der Waals surface area contributed by atoms with E-state index in [1.165, 1.54) is 25.9 Å². The Morgan fingerprint density at radius 1 is 0.875 bits per heavy atom. The molecule has 2 aromatic rings. The van der Waals surface area contributed by atoms with Gasteiger partial charge < -0.3 is 33.7 Å². The number of guanidine groups is 1. The lowest BCUT2D eigenvalue weighted by Crippen LogP contribution is -2.85. The van der Waals surface area contributed by atoms with Crippen LogP contribution in [-0.4, -0.2) is 89.6 Å². The van der Waals surface area contributed by atoms with E-state index in [-0.39, 0.29) is 19.0 Å². The van der Waals surface area contributed by atoms with Crippen LogP contribution in [0, 0.1) is 5.92 Å². The number of carbonyl (C=O) groups excluding carboxylic acids is 5. The maximum atomic E-state index is 13.9. The first-order valence-corrected chi connectivity index (χ1v) is 15.4. The predicted octanol–water partition coefficient (Wildman–Crippen LogP) is 2.03. The molecule has 48 heavy (non-hydrogen) atoms. The van der Waals surface area contributed by atoms with Crippen LogP contribution >= 0.6 is 0 Å². The van der Waals surface area contributed by atoms with E-state index in [0.717, 1.165) is 31.9 Å². The van der Waals surface area contributed by atoms with Crippen molar-refractivity contribution < 1.29 is 52.4 Å². The standard InChI is InChI=1S/C34H39N3O11/c1-19(38)37(18-24-15-11-8-12-16-24)32(35-17-23-13-9-7-10-14-23)36-34-25-26(46-30(42)29(34)47-31(25)43-6)33(5,48-22(4)41)27(44-20(2)39)28(34)45-21(3)40/h7-16,25-29,31H,17-18H2,1-6H3,(H,35,36)/t25-,26+,27-,28+,29+,31+,33-,34+/m0/s1. The molecular weight excluding hydrogens is 626 g/mol. The zero-order chi connectivity index (χ0) is 34.8. The van der Waals surface area contributed by atoms with Crippen molar-refractivity contribution in [1.29, 1.82) is 0 Å². The summed E-state index contributed by atoms with van der Waals surface area (Å²) in [5.41, 5.74) is -2.13. The molecule has 256 valence electrons. The molecule has 0 aromatic heterocycles. The first-order valence-electron chi connectivity index (χ1n) is 15.4. The van der Waals surface area contributed by atoms with Crippen LogP contribution in [0.4, 0.5) is 0 Å². The van der Waals surface area contributed by atoms with Gasteiger partial charge in [0.05, 0.1) is 19.0 Å². The average Bonchev–Trinajstić information content (AvgIpc) is 3.27. The molecule has 1 saturated carbocycles. The third-order valence-corrected chi connectivity index (χ3v) is 8.79. The molecule has 2 aliphatic heterocycles. The van der Waals surface area contributed by atoms with E-state index in [2.05, 4.69) is 5.32 Å².